The first-order chi connectivity index (χ1) is 9.45. The fraction of sp³-hybridized carbons (Fsp3) is 0.333. The van der Waals surface area contributed by atoms with Crippen molar-refractivity contribution in [1.29, 1.82) is 0 Å². The number of carbonyl (C=O) groups excluding carboxylic acids is 1. The minimum absolute atomic E-state index is 0.122. The van der Waals surface area contributed by atoms with Gasteiger partial charge in [-0.1, -0.05) is 12.1 Å². The second-order valence-corrected chi connectivity index (χ2v) is 5.00. The Balaban J connectivity index is 2.29. The Morgan fingerprint density at radius 3 is 2.85 bits per heavy atom. The van der Waals surface area contributed by atoms with Crippen molar-refractivity contribution in [3.05, 3.63) is 36.2 Å². The number of anilines is 1. The van der Waals surface area contributed by atoms with Gasteiger partial charge in [-0.2, -0.15) is 0 Å². The van der Waals surface area contributed by atoms with Crippen molar-refractivity contribution in [3.63, 3.8) is 0 Å². The van der Waals surface area contributed by atoms with E-state index in [9.17, 15) is 4.79 Å². The van der Waals surface area contributed by atoms with Crippen molar-refractivity contribution >= 4 is 11.7 Å². The molecular weight excluding hydrogens is 254 g/mol. The van der Waals surface area contributed by atoms with Gasteiger partial charge in [-0.05, 0) is 32.9 Å². The third kappa shape index (κ3) is 3.38. The van der Waals surface area contributed by atoms with Crippen LogP contribution in [0.3, 0.4) is 0 Å². The molecule has 20 heavy (non-hydrogen) atoms. The first kappa shape index (κ1) is 14.1. The maximum Gasteiger partial charge on any atom is 0.326 e. The molecule has 1 heterocycles. The van der Waals surface area contributed by atoms with E-state index in [0.717, 1.165) is 17.1 Å². The van der Waals surface area contributed by atoms with E-state index in [1.165, 1.54) is 0 Å². The zero-order chi connectivity index (χ0) is 14.7. The molecule has 0 unspecified atom stereocenters. The summed E-state index contributed by atoms with van der Waals surface area (Å²) in [5.41, 5.74) is 8.19. The molecule has 0 aliphatic rings. The van der Waals surface area contributed by atoms with Crippen molar-refractivity contribution in [2.24, 2.45) is 0 Å². The summed E-state index contributed by atoms with van der Waals surface area (Å²) in [7, 11) is 0. The number of ether oxygens (including phenoxy) is 1. The van der Waals surface area contributed by atoms with Crippen LogP contribution >= 0.6 is 0 Å². The van der Waals surface area contributed by atoms with Gasteiger partial charge >= 0.3 is 5.97 Å². The number of benzene rings is 1. The molecule has 0 atom stereocenters. The van der Waals surface area contributed by atoms with Crippen LogP contribution in [0.25, 0.3) is 11.4 Å². The number of nitrogen functional groups attached to an aromatic ring is 1. The number of aryl methyl sites for hydroxylation is 1. The maximum atomic E-state index is 11.8. The summed E-state index contributed by atoms with van der Waals surface area (Å²) in [6.07, 6.45) is 1.71. The number of nitrogens with two attached hydrogens (primary N) is 1. The van der Waals surface area contributed by atoms with Crippen molar-refractivity contribution in [3.8, 4) is 11.4 Å². The summed E-state index contributed by atoms with van der Waals surface area (Å²) in [6.45, 7) is 5.69. The molecule has 5 heteroatoms. The van der Waals surface area contributed by atoms with Gasteiger partial charge in [0.1, 0.15) is 12.4 Å². The fourth-order valence-corrected chi connectivity index (χ4v) is 2.01. The van der Waals surface area contributed by atoms with E-state index in [2.05, 4.69) is 4.98 Å². The third-order valence-corrected chi connectivity index (χ3v) is 2.71. The van der Waals surface area contributed by atoms with Gasteiger partial charge in [0.2, 0.25) is 0 Å². The number of nitrogens with zero attached hydrogens (tertiary/aromatic N) is 2. The monoisotopic (exact) mass is 273 g/mol. The lowest BCUT2D eigenvalue weighted by atomic mass is 10.2. The average Bonchev–Trinajstić information content (AvgIpc) is 2.69. The van der Waals surface area contributed by atoms with Crippen LogP contribution < -0.4 is 5.73 Å². The van der Waals surface area contributed by atoms with Crippen LogP contribution in [-0.4, -0.2) is 21.6 Å². The molecule has 2 N–H and O–H groups in total. The molecule has 106 valence electrons. The Morgan fingerprint density at radius 2 is 2.20 bits per heavy atom. The van der Waals surface area contributed by atoms with Crippen LogP contribution in [0.2, 0.25) is 0 Å². The molecule has 0 saturated heterocycles. The van der Waals surface area contributed by atoms with Gasteiger partial charge in [-0.15, -0.1) is 0 Å². The summed E-state index contributed by atoms with van der Waals surface area (Å²) in [6, 6.07) is 7.44. The predicted octanol–water partition coefficient (Wildman–Crippen LogP) is 2.39. The van der Waals surface area contributed by atoms with Gasteiger partial charge in [-0.3, -0.25) is 4.79 Å². The molecule has 1 aromatic heterocycles. The minimum atomic E-state index is -0.275. The van der Waals surface area contributed by atoms with Crippen molar-refractivity contribution in [2.75, 3.05) is 5.73 Å². The van der Waals surface area contributed by atoms with Crippen molar-refractivity contribution < 1.29 is 9.53 Å². The highest BCUT2D eigenvalue weighted by molar-refractivity contribution is 5.71. The van der Waals surface area contributed by atoms with Crippen LogP contribution in [0.1, 0.15) is 19.5 Å². The second kappa shape index (κ2) is 5.77. The minimum Gasteiger partial charge on any atom is -0.462 e. The van der Waals surface area contributed by atoms with Crippen molar-refractivity contribution in [2.45, 2.75) is 33.4 Å². The molecule has 0 fully saturated rings. The normalized spacial score (nSPS) is 10.8. The molecule has 0 aliphatic carbocycles. The quantitative estimate of drug-likeness (QED) is 0.686. The molecule has 2 aromatic rings. The van der Waals surface area contributed by atoms with Crippen LogP contribution in [0.5, 0.6) is 0 Å². The topological polar surface area (TPSA) is 70.1 Å². The molecule has 2 rings (SSSR count). The fourth-order valence-electron chi connectivity index (χ4n) is 2.01. The Morgan fingerprint density at radius 1 is 1.45 bits per heavy atom. The van der Waals surface area contributed by atoms with Gasteiger partial charge in [0.15, 0.2) is 0 Å². The smallest absolute Gasteiger partial charge is 0.326 e. The largest absolute Gasteiger partial charge is 0.462 e. The van der Waals surface area contributed by atoms with Crippen LogP contribution in [0.4, 0.5) is 5.69 Å². The molecule has 0 radical (unpaired) electrons. The van der Waals surface area contributed by atoms with Crippen LogP contribution in [0, 0.1) is 6.92 Å². The van der Waals surface area contributed by atoms with E-state index in [4.69, 9.17) is 10.5 Å². The predicted molar refractivity (Wildman–Crippen MR) is 78.0 cm³/mol. The SMILES string of the molecule is Cc1cn(CC(=O)OC(C)C)c(-c2cccc(N)c2)n1. The van der Waals surface area contributed by atoms with Crippen molar-refractivity contribution in [1.82, 2.24) is 9.55 Å². The molecule has 0 amide bonds. The Hall–Kier alpha value is -2.30. The number of aromatic nitrogens is 2. The highest BCUT2D eigenvalue weighted by Gasteiger charge is 2.13. The number of rotatable bonds is 4. The molecule has 0 saturated carbocycles. The van der Waals surface area contributed by atoms with E-state index >= 15 is 0 Å². The standard InChI is InChI=1S/C15H19N3O2/c1-10(2)20-14(19)9-18-8-11(3)17-15(18)12-5-4-6-13(16)7-12/h4-8,10H,9,16H2,1-3H3. The lowest BCUT2D eigenvalue weighted by molar-refractivity contribution is -0.148. The highest BCUT2D eigenvalue weighted by atomic mass is 16.5. The first-order valence-corrected chi connectivity index (χ1v) is 6.55. The zero-order valence-corrected chi connectivity index (χ0v) is 12.0. The molecule has 5 nitrogen and oxygen atoms in total. The summed E-state index contributed by atoms with van der Waals surface area (Å²) < 4.78 is 6.95. The van der Waals surface area contributed by atoms with Gasteiger partial charge in [-0.25, -0.2) is 4.98 Å². The lowest BCUT2D eigenvalue weighted by Crippen LogP contribution is -2.17. The summed E-state index contributed by atoms with van der Waals surface area (Å²) >= 11 is 0. The molecule has 0 aliphatic heterocycles. The first-order valence-electron chi connectivity index (χ1n) is 6.55. The molecular formula is C15H19N3O2. The van der Waals surface area contributed by atoms with E-state index in [0.29, 0.717) is 5.69 Å². The number of esters is 1. The average molecular weight is 273 g/mol. The third-order valence-electron chi connectivity index (χ3n) is 2.71. The van der Waals surface area contributed by atoms with E-state index in [1.54, 1.807) is 4.57 Å². The number of carbonyl (C=O) groups is 1. The van der Waals surface area contributed by atoms with Gasteiger partial charge in [0.25, 0.3) is 0 Å². The summed E-state index contributed by atoms with van der Waals surface area (Å²) in [5, 5.41) is 0. The number of hydrogen-bond donors (Lipinski definition) is 1. The maximum absolute atomic E-state index is 11.8. The second-order valence-electron chi connectivity index (χ2n) is 5.00. The zero-order valence-electron chi connectivity index (χ0n) is 12.0. The lowest BCUT2D eigenvalue weighted by Gasteiger charge is -2.10. The van der Waals surface area contributed by atoms with E-state index in [-0.39, 0.29) is 18.6 Å². The Kier molecular flexibility index (Phi) is 4.08. The summed E-state index contributed by atoms with van der Waals surface area (Å²) in [5.74, 6) is 0.443. The van der Waals surface area contributed by atoms with Gasteiger partial charge in [0.05, 0.1) is 11.8 Å². The molecule has 0 bridgehead atoms. The van der Waals surface area contributed by atoms with E-state index < -0.39 is 0 Å². The van der Waals surface area contributed by atoms with Gasteiger partial charge in [0, 0.05) is 17.4 Å². The number of imidazole rings is 1. The Bertz CT molecular complexity index is 617. The number of hydrogen-bond acceptors (Lipinski definition) is 4. The van der Waals surface area contributed by atoms with Crippen LogP contribution in [-0.2, 0) is 16.1 Å². The Labute approximate surface area is 118 Å². The highest BCUT2D eigenvalue weighted by Crippen LogP contribution is 2.21. The molecule has 1 aromatic carbocycles. The van der Waals surface area contributed by atoms with Crippen LogP contribution in [0.15, 0.2) is 30.5 Å². The molecule has 0 spiro atoms. The summed E-state index contributed by atoms with van der Waals surface area (Å²) in [4.78, 5) is 16.2. The van der Waals surface area contributed by atoms with E-state index in [1.807, 2.05) is 51.2 Å². The van der Waals surface area contributed by atoms with Gasteiger partial charge < -0.3 is 15.0 Å².